The number of pyridine rings is 1. The first-order valence-corrected chi connectivity index (χ1v) is 8.81. The van der Waals surface area contributed by atoms with Crippen LogP contribution in [0.1, 0.15) is 22.0 Å². The van der Waals surface area contributed by atoms with Crippen molar-refractivity contribution >= 4 is 34.9 Å². The second-order valence-electron chi connectivity index (χ2n) is 6.20. The lowest BCUT2D eigenvalue weighted by molar-refractivity contribution is -0.0228. The summed E-state index contributed by atoms with van der Waals surface area (Å²) >= 11 is 11.9. The quantitative estimate of drug-likeness (QED) is 0.738. The number of amides is 1. The van der Waals surface area contributed by atoms with Crippen LogP contribution in [-0.4, -0.2) is 49.6 Å². The van der Waals surface area contributed by atoms with Gasteiger partial charge in [-0.15, -0.1) is 0 Å². The van der Waals surface area contributed by atoms with Crippen molar-refractivity contribution in [2.45, 2.75) is 6.10 Å². The van der Waals surface area contributed by atoms with Gasteiger partial charge in [-0.1, -0.05) is 23.2 Å². The van der Waals surface area contributed by atoms with Crippen molar-refractivity contribution in [3.63, 3.8) is 0 Å². The van der Waals surface area contributed by atoms with Crippen molar-refractivity contribution in [1.82, 2.24) is 9.88 Å². The minimum Gasteiger partial charge on any atom is -0.370 e. The van der Waals surface area contributed by atoms with E-state index >= 15 is 0 Å². The summed E-state index contributed by atoms with van der Waals surface area (Å²) in [6.07, 6.45) is 1.09. The van der Waals surface area contributed by atoms with E-state index in [0.717, 1.165) is 0 Å². The minimum absolute atomic E-state index is 0.0458. The van der Waals surface area contributed by atoms with E-state index in [4.69, 9.17) is 27.9 Å². The van der Waals surface area contributed by atoms with Crippen LogP contribution in [0, 0.1) is 5.82 Å². The molecule has 0 bridgehead atoms. The number of hydrogen-bond donors (Lipinski definition) is 0. The highest BCUT2D eigenvalue weighted by atomic mass is 35.5. The van der Waals surface area contributed by atoms with Gasteiger partial charge in [0.1, 0.15) is 17.7 Å². The Bertz CT molecular complexity index is 832. The molecule has 5 nitrogen and oxygen atoms in total. The fourth-order valence-corrected chi connectivity index (χ4v) is 3.29. The van der Waals surface area contributed by atoms with E-state index in [9.17, 15) is 9.18 Å². The highest BCUT2D eigenvalue weighted by Crippen LogP contribution is 2.32. The first-order valence-electron chi connectivity index (χ1n) is 8.05. The predicted octanol–water partition coefficient (Wildman–Crippen LogP) is 3.81. The van der Waals surface area contributed by atoms with Crippen molar-refractivity contribution in [3.8, 4) is 0 Å². The monoisotopic (exact) mass is 397 g/mol. The molecule has 1 aliphatic heterocycles. The third-order valence-corrected chi connectivity index (χ3v) is 4.81. The maximum Gasteiger partial charge on any atom is 0.254 e. The molecule has 3 rings (SSSR count). The Morgan fingerprint density at radius 2 is 2.08 bits per heavy atom. The lowest BCUT2D eigenvalue weighted by Crippen LogP contribution is -2.42. The zero-order valence-corrected chi connectivity index (χ0v) is 15.9. The zero-order chi connectivity index (χ0) is 18.8. The SMILES string of the molecule is CN(C)c1cc(C(=O)N2CCOC(c3cc(F)c(Cl)cc3Cl)C2)ccn1. The molecule has 1 aromatic carbocycles. The lowest BCUT2D eigenvalue weighted by atomic mass is 10.1. The molecule has 0 aliphatic carbocycles. The minimum atomic E-state index is -0.567. The van der Waals surface area contributed by atoms with Gasteiger partial charge in [0, 0.05) is 43.0 Å². The summed E-state index contributed by atoms with van der Waals surface area (Å²) in [5.41, 5.74) is 1.02. The van der Waals surface area contributed by atoms with Crippen LogP contribution in [0.4, 0.5) is 10.2 Å². The average molecular weight is 398 g/mol. The fourth-order valence-electron chi connectivity index (χ4n) is 2.79. The topological polar surface area (TPSA) is 45.7 Å². The molecule has 2 heterocycles. The third kappa shape index (κ3) is 3.92. The zero-order valence-electron chi connectivity index (χ0n) is 14.4. The van der Waals surface area contributed by atoms with Crippen LogP contribution in [-0.2, 0) is 4.74 Å². The van der Waals surface area contributed by atoms with Gasteiger partial charge in [0.05, 0.1) is 18.2 Å². The number of carbonyl (C=O) groups is 1. The molecule has 138 valence electrons. The Balaban J connectivity index is 1.81. The molecule has 0 radical (unpaired) electrons. The van der Waals surface area contributed by atoms with E-state index in [-0.39, 0.29) is 17.5 Å². The van der Waals surface area contributed by atoms with E-state index in [1.54, 1.807) is 23.2 Å². The van der Waals surface area contributed by atoms with Crippen molar-refractivity contribution in [1.29, 1.82) is 0 Å². The summed E-state index contributed by atoms with van der Waals surface area (Å²) in [7, 11) is 3.72. The molecular formula is C18H18Cl2FN3O2. The van der Waals surface area contributed by atoms with E-state index < -0.39 is 11.9 Å². The molecule has 1 fully saturated rings. The normalized spacial score (nSPS) is 17.3. The number of halogens is 3. The summed E-state index contributed by atoms with van der Waals surface area (Å²) in [5.74, 6) is 0.000657. The lowest BCUT2D eigenvalue weighted by Gasteiger charge is -2.33. The molecule has 0 spiro atoms. The molecular weight excluding hydrogens is 380 g/mol. The number of benzene rings is 1. The number of aromatic nitrogens is 1. The van der Waals surface area contributed by atoms with E-state index in [1.807, 2.05) is 19.0 Å². The van der Waals surface area contributed by atoms with Crippen LogP contribution < -0.4 is 4.90 Å². The van der Waals surface area contributed by atoms with Gasteiger partial charge in [-0.25, -0.2) is 9.37 Å². The maximum absolute atomic E-state index is 13.8. The Hall–Kier alpha value is -1.89. The van der Waals surface area contributed by atoms with Gasteiger partial charge in [0.15, 0.2) is 0 Å². The van der Waals surface area contributed by atoms with Crippen LogP contribution in [0.25, 0.3) is 0 Å². The highest BCUT2D eigenvalue weighted by Gasteiger charge is 2.28. The van der Waals surface area contributed by atoms with Gasteiger partial charge in [-0.05, 0) is 24.3 Å². The first kappa shape index (κ1) is 18.9. The van der Waals surface area contributed by atoms with E-state index in [2.05, 4.69) is 4.98 Å². The second kappa shape index (κ2) is 7.78. The smallest absolute Gasteiger partial charge is 0.254 e. The van der Waals surface area contributed by atoms with Crippen LogP contribution in [0.15, 0.2) is 30.5 Å². The average Bonchev–Trinajstić information content (AvgIpc) is 2.64. The van der Waals surface area contributed by atoms with Crippen molar-refractivity contribution in [2.75, 3.05) is 38.7 Å². The summed E-state index contributed by atoms with van der Waals surface area (Å²) < 4.78 is 19.5. The summed E-state index contributed by atoms with van der Waals surface area (Å²) in [6.45, 7) is 1.06. The van der Waals surface area contributed by atoms with Gasteiger partial charge >= 0.3 is 0 Å². The molecule has 1 unspecified atom stereocenters. The predicted molar refractivity (Wildman–Crippen MR) is 99.6 cm³/mol. The maximum atomic E-state index is 13.8. The summed E-state index contributed by atoms with van der Waals surface area (Å²) in [5, 5.41) is 0.269. The third-order valence-electron chi connectivity index (χ3n) is 4.19. The number of nitrogens with zero attached hydrogens (tertiary/aromatic N) is 3. The van der Waals surface area contributed by atoms with Gasteiger partial charge < -0.3 is 14.5 Å². The Morgan fingerprint density at radius 3 is 2.81 bits per heavy atom. The van der Waals surface area contributed by atoms with E-state index in [0.29, 0.717) is 35.1 Å². The highest BCUT2D eigenvalue weighted by molar-refractivity contribution is 6.35. The van der Waals surface area contributed by atoms with Gasteiger partial charge in [0.2, 0.25) is 0 Å². The van der Waals surface area contributed by atoms with Crippen molar-refractivity contribution < 1.29 is 13.9 Å². The number of morpholine rings is 1. The van der Waals surface area contributed by atoms with Crippen molar-refractivity contribution in [2.24, 2.45) is 0 Å². The van der Waals surface area contributed by atoms with Crippen molar-refractivity contribution in [3.05, 3.63) is 57.5 Å². The molecule has 1 saturated heterocycles. The molecule has 1 aliphatic rings. The molecule has 1 aromatic heterocycles. The fraction of sp³-hybridized carbons (Fsp3) is 0.333. The van der Waals surface area contributed by atoms with Crippen LogP contribution in [0.5, 0.6) is 0 Å². The molecule has 8 heteroatoms. The van der Waals surface area contributed by atoms with Gasteiger partial charge in [-0.3, -0.25) is 4.79 Å². The second-order valence-corrected chi connectivity index (χ2v) is 7.01. The Labute approximate surface area is 161 Å². The standard InChI is InChI=1S/C18H18Cl2FN3O2/c1-23(2)17-7-11(3-4-22-17)18(25)24-5-6-26-16(10-24)12-8-15(21)14(20)9-13(12)19/h3-4,7-9,16H,5-6,10H2,1-2H3. The number of anilines is 1. The van der Waals surface area contributed by atoms with Gasteiger partial charge in [0.25, 0.3) is 5.91 Å². The number of ether oxygens (including phenoxy) is 1. The Morgan fingerprint density at radius 1 is 1.31 bits per heavy atom. The van der Waals surface area contributed by atoms with Crippen LogP contribution >= 0.6 is 23.2 Å². The Kier molecular flexibility index (Phi) is 5.65. The molecule has 1 atom stereocenters. The summed E-state index contributed by atoms with van der Waals surface area (Å²) in [4.78, 5) is 20.6. The molecule has 0 N–H and O–H groups in total. The first-order chi connectivity index (χ1) is 12.4. The molecule has 26 heavy (non-hydrogen) atoms. The molecule has 0 saturated carbocycles. The summed E-state index contributed by atoms with van der Waals surface area (Å²) in [6, 6.07) is 6.03. The largest absolute Gasteiger partial charge is 0.370 e. The molecule has 1 amide bonds. The van der Waals surface area contributed by atoms with Gasteiger partial charge in [-0.2, -0.15) is 0 Å². The molecule has 2 aromatic rings. The number of hydrogen-bond acceptors (Lipinski definition) is 4. The van der Waals surface area contributed by atoms with Crippen LogP contribution in [0.3, 0.4) is 0 Å². The van der Waals surface area contributed by atoms with E-state index in [1.165, 1.54) is 12.1 Å². The van der Waals surface area contributed by atoms with Crippen LogP contribution in [0.2, 0.25) is 10.0 Å². The number of rotatable bonds is 3. The number of carbonyl (C=O) groups excluding carboxylic acids is 1.